The molecule has 2 aromatic rings. The molecule has 1 aromatic heterocycles. The van der Waals surface area contributed by atoms with Crippen LogP contribution in [-0.2, 0) is 35.5 Å². The lowest BCUT2D eigenvalue weighted by molar-refractivity contribution is -0.145. The number of amides is 1. The van der Waals surface area contributed by atoms with Gasteiger partial charge < -0.3 is 14.8 Å². The number of methoxy groups -OCH3 is 1. The van der Waals surface area contributed by atoms with E-state index >= 15 is 0 Å². The highest BCUT2D eigenvalue weighted by Crippen LogP contribution is 2.26. The number of hydrogen-bond donors (Lipinski definition) is 1. The number of benzene rings is 1. The van der Waals surface area contributed by atoms with Crippen LogP contribution in [0, 0.1) is 0 Å². The van der Waals surface area contributed by atoms with E-state index in [-0.39, 0.29) is 10.6 Å². The number of hydrogen-bond acceptors (Lipinski definition) is 7. The van der Waals surface area contributed by atoms with Crippen LogP contribution in [0.3, 0.4) is 0 Å². The topological polar surface area (TPSA) is 102 Å². The van der Waals surface area contributed by atoms with Gasteiger partial charge in [0.15, 0.2) is 6.04 Å². The first-order chi connectivity index (χ1) is 13.9. The summed E-state index contributed by atoms with van der Waals surface area (Å²) in [5.74, 6) is -0.979. The van der Waals surface area contributed by atoms with Crippen LogP contribution >= 0.6 is 11.3 Å². The van der Waals surface area contributed by atoms with Gasteiger partial charge in [-0.25, -0.2) is 13.2 Å². The second-order valence-corrected chi connectivity index (χ2v) is 9.68. The Kier molecular flexibility index (Phi) is 7.01. The molecule has 156 valence electrons. The molecule has 0 saturated carbocycles. The van der Waals surface area contributed by atoms with Gasteiger partial charge in [0.1, 0.15) is 4.21 Å². The van der Waals surface area contributed by atoms with E-state index in [9.17, 15) is 18.0 Å². The third kappa shape index (κ3) is 5.21. The minimum Gasteiger partial charge on any atom is -0.467 e. The van der Waals surface area contributed by atoms with Gasteiger partial charge in [-0.2, -0.15) is 4.31 Å². The Morgan fingerprint density at radius 3 is 2.52 bits per heavy atom. The fourth-order valence-electron chi connectivity index (χ4n) is 2.92. The molecule has 1 aliphatic rings. The Balaban J connectivity index is 1.68. The van der Waals surface area contributed by atoms with E-state index in [1.807, 2.05) is 6.07 Å². The van der Waals surface area contributed by atoms with E-state index in [4.69, 9.17) is 9.47 Å². The summed E-state index contributed by atoms with van der Waals surface area (Å²) >= 11 is 1.05. The molecular weight excluding hydrogens is 416 g/mol. The average Bonchev–Trinajstić information content (AvgIpc) is 3.22. The van der Waals surface area contributed by atoms with Crippen LogP contribution in [0.5, 0.6) is 0 Å². The highest BCUT2D eigenvalue weighted by atomic mass is 32.2. The van der Waals surface area contributed by atoms with Gasteiger partial charge in [0, 0.05) is 18.0 Å². The molecule has 2 heterocycles. The van der Waals surface area contributed by atoms with Crippen molar-refractivity contribution >= 4 is 33.2 Å². The van der Waals surface area contributed by atoms with Crippen molar-refractivity contribution in [1.82, 2.24) is 9.62 Å². The Morgan fingerprint density at radius 2 is 1.86 bits per heavy atom. The zero-order valence-electron chi connectivity index (χ0n) is 15.9. The van der Waals surface area contributed by atoms with Gasteiger partial charge in [-0.05, 0) is 17.7 Å². The molecule has 0 spiro atoms. The average molecular weight is 439 g/mol. The van der Waals surface area contributed by atoms with Crippen molar-refractivity contribution in [2.75, 3.05) is 33.4 Å². The number of carbonyl (C=O) groups excluding carboxylic acids is 2. The van der Waals surface area contributed by atoms with E-state index in [0.717, 1.165) is 11.3 Å². The normalized spacial score (nSPS) is 16.2. The van der Waals surface area contributed by atoms with E-state index in [1.165, 1.54) is 17.5 Å². The predicted octanol–water partition coefficient (Wildman–Crippen LogP) is 1.34. The second kappa shape index (κ2) is 9.49. The number of esters is 1. The summed E-state index contributed by atoms with van der Waals surface area (Å²) in [6.45, 7) is 1.37. The Labute approximate surface area is 173 Å². The predicted molar refractivity (Wildman–Crippen MR) is 107 cm³/mol. The molecular formula is C19H22N2O6S2. The number of nitrogens with zero attached hydrogens (tertiary/aromatic N) is 1. The molecule has 8 nitrogen and oxygen atoms in total. The monoisotopic (exact) mass is 438 g/mol. The van der Waals surface area contributed by atoms with Gasteiger partial charge >= 0.3 is 5.97 Å². The molecule has 1 atom stereocenters. The van der Waals surface area contributed by atoms with Crippen LogP contribution in [0.1, 0.15) is 16.5 Å². The molecule has 1 amide bonds. The fraction of sp³-hybridized carbons (Fsp3) is 0.368. The summed E-state index contributed by atoms with van der Waals surface area (Å²) < 4.78 is 37.0. The summed E-state index contributed by atoms with van der Waals surface area (Å²) in [5.41, 5.74) is 0.606. The summed E-state index contributed by atoms with van der Waals surface area (Å²) in [5, 5.41) is 2.66. The van der Waals surface area contributed by atoms with Crippen LogP contribution in [0.25, 0.3) is 0 Å². The summed E-state index contributed by atoms with van der Waals surface area (Å²) in [4.78, 5) is 25.2. The molecule has 0 radical (unpaired) electrons. The number of morpholine rings is 1. The highest BCUT2D eigenvalue weighted by molar-refractivity contribution is 7.91. The molecule has 29 heavy (non-hydrogen) atoms. The maximum Gasteiger partial charge on any atom is 0.333 e. The lowest BCUT2D eigenvalue weighted by atomic mass is 10.1. The molecule has 10 heteroatoms. The van der Waals surface area contributed by atoms with Crippen LogP contribution in [0.4, 0.5) is 0 Å². The van der Waals surface area contributed by atoms with Crippen molar-refractivity contribution in [2.45, 2.75) is 16.7 Å². The molecule has 0 aliphatic carbocycles. The minimum atomic E-state index is -3.59. The molecule has 1 N–H and O–H groups in total. The summed E-state index contributed by atoms with van der Waals surface area (Å²) in [7, 11) is -2.34. The standard InChI is InChI=1S/C19H22N2O6S2/c1-26-19(23)18(14-5-3-2-4-6-14)20-16(22)13-15-7-8-17(28-15)29(24,25)21-9-11-27-12-10-21/h2-8,18H,9-13H2,1H3,(H,20,22). The van der Waals surface area contributed by atoms with Gasteiger partial charge in [0.05, 0.1) is 26.7 Å². The summed E-state index contributed by atoms with van der Waals surface area (Å²) in [6, 6.07) is 11.0. The van der Waals surface area contributed by atoms with E-state index < -0.39 is 27.9 Å². The first-order valence-corrected chi connectivity index (χ1v) is 11.3. The quantitative estimate of drug-likeness (QED) is 0.655. The van der Waals surface area contributed by atoms with Gasteiger partial charge in [-0.3, -0.25) is 4.79 Å². The maximum atomic E-state index is 12.7. The number of sulfonamides is 1. The number of rotatable bonds is 7. The van der Waals surface area contributed by atoms with Gasteiger partial charge in [-0.1, -0.05) is 30.3 Å². The van der Waals surface area contributed by atoms with Crippen LogP contribution in [-0.4, -0.2) is 58.0 Å². The van der Waals surface area contributed by atoms with Crippen molar-refractivity contribution in [2.24, 2.45) is 0 Å². The molecule has 1 aliphatic heterocycles. The Morgan fingerprint density at radius 1 is 1.17 bits per heavy atom. The largest absolute Gasteiger partial charge is 0.467 e. The molecule has 3 rings (SSSR count). The van der Waals surface area contributed by atoms with Crippen LogP contribution < -0.4 is 5.32 Å². The molecule has 1 fully saturated rings. The fourth-order valence-corrected chi connectivity index (χ4v) is 5.83. The first kappa shape index (κ1) is 21.4. The number of carbonyl (C=O) groups is 2. The van der Waals surface area contributed by atoms with Crippen LogP contribution in [0.15, 0.2) is 46.7 Å². The first-order valence-electron chi connectivity index (χ1n) is 9.00. The number of ether oxygens (including phenoxy) is 2. The van der Waals surface area contributed by atoms with Gasteiger partial charge in [-0.15, -0.1) is 11.3 Å². The van der Waals surface area contributed by atoms with Gasteiger partial charge in [0.2, 0.25) is 5.91 Å². The zero-order valence-corrected chi connectivity index (χ0v) is 17.5. The third-order valence-corrected chi connectivity index (χ3v) is 7.86. The van der Waals surface area contributed by atoms with E-state index in [0.29, 0.717) is 36.7 Å². The van der Waals surface area contributed by atoms with Crippen molar-refractivity contribution in [1.29, 1.82) is 0 Å². The Hall–Kier alpha value is -2.27. The Bertz CT molecular complexity index is 952. The second-order valence-electron chi connectivity index (χ2n) is 6.35. The van der Waals surface area contributed by atoms with Crippen molar-refractivity contribution in [3.8, 4) is 0 Å². The zero-order chi connectivity index (χ0) is 20.9. The number of nitrogens with one attached hydrogen (secondary N) is 1. The number of thiophene rings is 1. The maximum absolute atomic E-state index is 12.7. The molecule has 1 saturated heterocycles. The molecule has 0 bridgehead atoms. The van der Waals surface area contributed by atoms with Crippen molar-refractivity contribution in [3.63, 3.8) is 0 Å². The van der Waals surface area contributed by atoms with Crippen molar-refractivity contribution in [3.05, 3.63) is 52.9 Å². The lowest BCUT2D eigenvalue weighted by Gasteiger charge is -2.25. The lowest BCUT2D eigenvalue weighted by Crippen LogP contribution is -2.40. The third-order valence-electron chi connectivity index (χ3n) is 4.41. The minimum absolute atomic E-state index is 0.0381. The van der Waals surface area contributed by atoms with Crippen LogP contribution in [0.2, 0.25) is 0 Å². The molecule has 1 unspecified atom stereocenters. The SMILES string of the molecule is COC(=O)C(NC(=O)Cc1ccc(S(=O)(=O)N2CCOCC2)s1)c1ccccc1. The van der Waals surface area contributed by atoms with E-state index in [2.05, 4.69) is 5.32 Å². The molecule has 1 aromatic carbocycles. The van der Waals surface area contributed by atoms with Crippen molar-refractivity contribution < 1.29 is 27.5 Å². The van der Waals surface area contributed by atoms with Gasteiger partial charge in [0.25, 0.3) is 10.0 Å². The summed E-state index contributed by atoms with van der Waals surface area (Å²) in [6.07, 6.45) is -0.0381. The highest BCUT2D eigenvalue weighted by Gasteiger charge is 2.28. The smallest absolute Gasteiger partial charge is 0.333 e. The van der Waals surface area contributed by atoms with E-state index in [1.54, 1.807) is 30.3 Å².